The maximum absolute atomic E-state index is 11.2. The largest absolute Gasteiger partial charge is 0.466 e. The van der Waals surface area contributed by atoms with Gasteiger partial charge in [-0.2, -0.15) is 0 Å². The minimum Gasteiger partial charge on any atom is -0.466 e. The molecule has 82 valence electrons. The van der Waals surface area contributed by atoms with Crippen LogP contribution in [0.2, 0.25) is 0 Å². The molecule has 0 heterocycles. The van der Waals surface area contributed by atoms with E-state index in [4.69, 9.17) is 4.74 Å². The molecule has 0 aromatic heterocycles. The lowest BCUT2D eigenvalue weighted by atomic mass is 9.84. The Labute approximate surface area is 87.3 Å². The van der Waals surface area contributed by atoms with Crippen LogP contribution in [0.15, 0.2) is 12.7 Å². The Bertz CT molecular complexity index is 183. The summed E-state index contributed by atoms with van der Waals surface area (Å²) >= 11 is 0. The highest BCUT2D eigenvalue weighted by atomic mass is 16.5. The van der Waals surface area contributed by atoms with Gasteiger partial charge in [-0.15, -0.1) is 6.58 Å². The second-order valence-electron chi connectivity index (χ2n) is 4.33. The first-order valence-electron chi connectivity index (χ1n) is 5.28. The van der Waals surface area contributed by atoms with Crippen LogP contribution in [0.1, 0.15) is 46.5 Å². The van der Waals surface area contributed by atoms with Crippen molar-refractivity contribution in [3.05, 3.63) is 12.7 Å². The topological polar surface area (TPSA) is 26.3 Å². The van der Waals surface area contributed by atoms with Gasteiger partial charge in [0.25, 0.3) is 0 Å². The normalized spacial score (nSPS) is 11.1. The van der Waals surface area contributed by atoms with Gasteiger partial charge in [-0.1, -0.05) is 19.9 Å². The van der Waals surface area contributed by atoms with Gasteiger partial charge in [0.1, 0.15) is 0 Å². The lowest BCUT2D eigenvalue weighted by molar-refractivity contribution is -0.145. The Morgan fingerprint density at radius 3 is 2.64 bits per heavy atom. The van der Waals surface area contributed by atoms with Crippen LogP contribution < -0.4 is 0 Å². The predicted molar refractivity (Wildman–Crippen MR) is 59.1 cm³/mol. The smallest absolute Gasteiger partial charge is 0.306 e. The first kappa shape index (κ1) is 13.2. The van der Waals surface area contributed by atoms with Gasteiger partial charge in [-0.3, -0.25) is 4.79 Å². The highest BCUT2D eigenvalue weighted by Crippen LogP contribution is 2.27. The van der Waals surface area contributed by atoms with Gasteiger partial charge in [0.05, 0.1) is 13.0 Å². The lowest BCUT2D eigenvalue weighted by Gasteiger charge is -2.22. The average molecular weight is 198 g/mol. The molecule has 0 rings (SSSR count). The number of esters is 1. The summed E-state index contributed by atoms with van der Waals surface area (Å²) in [4.78, 5) is 11.2. The van der Waals surface area contributed by atoms with Crippen molar-refractivity contribution in [1.29, 1.82) is 0 Å². The number of hydrogen-bond donors (Lipinski definition) is 0. The summed E-state index contributed by atoms with van der Waals surface area (Å²) in [5.41, 5.74) is 0.0509. The van der Waals surface area contributed by atoms with Crippen LogP contribution in [0.3, 0.4) is 0 Å². The monoisotopic (exact) mass is 198 g/mol. The van der Waals surface area contributed by atoms with E-state index in [9.17, 15) is 4.79 Å². The minimum absolute atomic E-state index is 0.0509. The fourth-order valence-electron chi connectivity index (χ4n) is 1.42. The molecule has 0 saturated carbocycles. The molecule has 0 spiro atoms. The van der Waals surface area contributed by atoms with Crippen LogP contribution in [-0.4, -0.2) is 12.6 Å². The van der Waals surface area contributed by atoms with Gasteiger partial charge >= 0.3 is 5.97 Å². The summed E-state index contributed by atoms with van der Waals surface area (Å²) in [5, 5.41) is 0. The Morgan fingerprint density at radius 1 is 1.50 bits per heavy atom. The quantitative estimate of drug-likeness (QED) is 0.356. The lowest BCUT2D eigenvalue weighted by Crippen LogP contribution is -2.18. The van der Waals surface area contributed by atoms with Crippen LogP contribution in [0, 0.1) is 5.41 Å². The van der Waals surface area contributed by atoms with Crippen molar-refractivity contribution in [2.24, 2.45) is 5.41 Å². The van der Waals surface area contributed by atoms with Gasteiger partial charge in [-0.25, -0.2) is 0 Å². The Balaban J connectivity index is 3.80. The zero-order valence-corrected chi connectivity index (χ0v) is 9.64. The summed E-state index contributed by atoms with van der Waals surface area (Å²) in [6.45, 7) is 10.2. The third-order valence-corrected chi connectivity index (χ3v) is 2.19. The van der Waals surface area contributed by atoms with Crippen molar-refractivity contribution in [3.63, 3.8) is 0 Å². The van der Waals surface area contributed by atoms with E-state index in [0.29, 0.717) is 13.0 Å². The van der Waals surface area contributed by atoms with E-state index in [1.54, 1.807) is 0 Å². The molecule has 2 nitrogen and oxygen atoms in total. The van der Waals surface area contributed by atoms with E-state index in [-0.39, 0.29) is 11.4 Å². The summed E-state index contributed by atoms with van der Waals surface area (Å²) in [6.07, 6.45) is 5.58. The third-order valence-electron chi connectivity index (χ3n) is 2.19. The fourth-order valence-corrected chi connectivity index (χ4v) is 1.42. The van der Waals surface area contributed by atoms with Gasteiger partial charge in [-0.05, 0) is 31.6 Å². The average Bonchev–Trinajstić information content (AvgIpc) is 2.03. The predicted octanol–water partition coefficient (Wildman–Crippen LogP) is 3.32. The van der Waals surface area contributed by atoms with Crippen molar-refractivity contribution in [1.82, 2.24) is 0 Å². The SMILES string of the molecule is C=CCCCC(C)(C)CC(=O)OCC. The summed E-state index contributed by atoms with van der Waals surface area (Å²) in [5.74, 6) is -0.0869. The Hall–Kier alpha value is -0.790. The van der Waals surface area contributed by atoms with Crippen molar-refractivity contribution in [2.75, 3.05) is 6.61 Å². The standard InChI is InChI=1S/C12H22O2/c1-5-7-8-9-12(3,4)10-11(13)14-6-2/h5H,1,6-10H2,2-4H3. The van der Waals surface area contributed by atoms with E-state index in [1.165, 1.54) is 0 Å². The van der Waals surface area contributed by atoms with Gasteiger partial charge in [0.15, 0.2) is 0 Å². The molecule has 0 saturated heterocycles. The number of rotatable bonds is 7. The van der Waals surface area contributed by atoms with E-state index >= 15 is 0 Å². The van der Waals surface area contributed by atoms with Crippen LogP contribution in [0.25, 0.3) is 0 Å². The molecule has 0 atom stereocenters. The molecule has 0 aliphatic carbocycles. The zero-order chi connectivity index (χ0) is 11.0. The van der Waals surface area contributed by atoms with Crippen LogP contribution in [0.4, 0.5) is 0 Å². The second-order valence-corrected chi connectivity index (χ2v) is 4.33. The maximum atomic E-state index is 11.2. The molecule has 0 aromatic rings. The molecule has 0 aliphatic rings. The van der Waals surface area contributed by atoms with E-state index in [0.717, 1.165) is 19.3 Å². The highest BCUT2D eigenvalue weighted by Gasteiger charge is 2.21. The number of ether oxygens (including phenoxy) is 1. The summed E-state index contributed by atoms with van der Waals surface area (Å²) < 4.78 is 4.92. The first-order valence-corrected chi connectivity index (χ1v) is 5.28. The van der Waals surface area contributed by atoms with Crippen molar-refractivity contribution >= 4 is 5.97 Å². The van der Waals surface area contributed by atoms with Gasteiger partial charge < -0.3 is 4.74 Å². The number of allylic oxidation sites excluding steroid dienone is 1. The number of carbonyl (C=O) groups excluding carboxylic acids is 1. The molecule has 0 aliphatic heterocycles. The number of carbonyl (C=O) groups is 1. The molecule has 0 unspecified atom stereocenters. The second kappa shape index (κ2) is 6.63. The molecule has 0 aromatic carbocycles. The van der Waals surface area contributed by atoms with Crippen LogP contribution in [-0.2, 0) is 9.53 Å². The summed E-state index contributed by atoms with van der Waals surface area (Å²) in [7, 11) is 0. The first-order chi connectivity index (χ1) is 6.52. The zero-order valence-electron chi connectivity index (χ0n) is 9.64. The van der Waals surface area contributed by atoms with Gasteiger partial charge in [0.2, 0.25) is 0 Å². The number of unbranched alkanes of at least 4 members (excludes halogenated alkanes) is 1. The molecular formula is C12H22O2. The molecule has 0 radical (unpaired) electrons. The Kier molecular flexibility index (Phi) is 6.26. The molecule has 0 bridgehead atoms. The molecule has 0 fully saturated rings. The van der Waals surface area contributed by atoms with Crippen LogP contribution in [0.5, 0.6) is 0 Å². The van der Waals surface area contributed by atoms with E-state index in [1.807, 2.05) is 13.0 Å². The number of hydrogen-bond acceptors (Lipinski definition) is 2. The molecule has 0 N–H and O–H groups in total. The minimum atomic E-state index is -0.0869. The third kappa shape index (κ3) is 6.70. The van der Waals surface area contributed by atoms with E-state index < -0.39 is 0 Å². The molecule has 14 heavy (non-hydrogen) atoms. The van der Waals surface area contributed by atoms with Crippen molar-refractivity contribution in [3.8, 4) is 0 Å². The van der Waals surface area contributed by atoms with Gasteiger partial charge in [0, 0.05) is 0 Å². The van der Waals surface area contributed by atoms with E-state index in [2.05, 4.69) is 20.4 Å². The Morgan fingerprint density at radius 2 is 2.14 bits per heavy atom. The molecular weight excluding hydrogens is 176 g/mol. The van der Waals surface area contributed by atoms with Crippen molar-refractivity contribution in [2.45, 2.75) is 46.5 Å². The van der Waals surface area contributed by atoms with Crippen molar-refractivity contribution < 1.29 is 9.53 Å². The molecule has 2 heteroatoms. The fraction of sp³-hybridized carbons (Fsp3) is 0.750. The van der Waals surface area contributed by atoms with Crippen LogP contribution >= 0.6 is 0 Å². The highest BCUT2D eigenvalue weighted by molar-refractivity contribution is 5.70. The molecule has 0 amide bonds. The summed E-state index contributed by atoms with van der Waals surface area (Å²) in [6, 6.07) is 0. The maximum Gasteiger partial charge on any atom is 0.306 e.